The molecule has 182 valence electrons. The smallest absolute Gasteiger partial charge is 0.240 e. The summed E-state index contributed by atoms with van der Waals surface area (Å²) in [6, 6.07) is 9.29. The van der Waals surface area contributed by atoms with E-state index in [1.165, 1.54) is 0 Å². The zero-order chi connectivity index (χ0) is 24.3. The van der Waals surface area contributed by atoms with Crippen molar-refractivity contribution in [1.82, 2.24) is 25.3 Å². The van der Waals surface area contributed by atoms with Crippen LogP contribution >= 0.6 is 0 Å². The molecule has 1 amide bonds. The van der Waals surface area contributed by atoms with E-state index in [1.807, 2.05) is 76.7 Å². The van der Waals surface area contributed by atoms with E-state index in [0.29, 0.717) is 13.0 Å². The summed E-state index contributed by atoms with van der Waals surface area (Å²) in [5.41, 5.74) is 2.83. The van der Waals surface area contributed by atoms with Gasteiger partial charge in [-0.3, -0.25) is 14.8 Å². The number of aromatic nitrogens is 2. The van der Waals surface area contributed by atoms with Crippen LogP contribution in [0.3, 0.4) is 0 Å². The van der Waals surface area contributed by atoms with Crippen molar-refractivity contribution in [1.29, 1.82) is 0 Å². The van der Waals surface area contributed by atoms with Gasteiger partial charge in [-0.05, 0) is 29.0 Å². The Morgan fingerprint density at radius 3 is 2.42 bits per heavy atom. The fourth-order valence-corrected chi connectivity index (χ4v) is 4.40. The van der Waals surface area contributed by atoms with Crippen LogP contribution in [0.15, 0.2) is 36.5 Å². The molecule has 0 bridgehead atoms. The Morgan fingerprint density at radius 1 is 1.21 bits per heavy atom. The number of β-amino-alcohol motifs (C(OH)–C–C–N with tert-alkyl or cyclic N) is 1. The van der Waals surface area contributed by atoms with E-state index in [0.717, 1.165) is 16.8 Å². The third-order valence-electron chi connectivity index (χ3n) is 6.17. The molecule has 4 atom stereocenters. The number of aliphatic hydroxyl groups is 2. The van der Waals surface area contributed by atoms with Gasteiger partial charge in [-0.15, -0.1) is 0 Å². The average molecular weight is 458 g/mol. The molecule has 1 aromatic heterocycles. The Labute approximate surface area is 197 Å². The fraction of sp³-hybridized carbons (Fsp3) is 0.600. The third-order valence-corrected chi connectivity index (χ3v) is 6.17. The number of nitrogens with zero attached hydrogens (tertiary/aromatic N) is 3. The zero-order valence-electron chi connectivity index (χ0n) is 20.6. The lowest BCUT2D eigenvalue weighted by Gasteiger charge is -2.38. The first-order chi connectivity index (χ1) is 15.5. The molecule has 1 aromatic carbocycles. The molecule has 8 nitrogen and oxygen atoms in total. The highest BCUT2D eigenvalue weighted by atomic mass is 16.3. The highest BCUT2D eigenvalue weighted by Crippen LogP contribution is 2.27. The molecular weight excluding hydrogens is 418 g/mol. The first-order valence-electron chi connectivity index (χ1n) is 11.7. The van der Waals surface area contributed by atoms with Gasteiger partial charge in [0, 0.05) is 32.4 Å². The third kappa shape index (κ3) is 6.20. The number of rotatable bonds is 8. The van der Waals surface area contributed by atoms with Crippen molar-refractivity contribution < 1.29 is 15.0 Å². The van der Waals surface area contributed by atoms with Gasteiger partial charge in [-0.2, -0.15) is 5.10 Å². The lowest BCUT2D eigenvalue weighted by atomic mass is 9.85. The molecule has 33 heavy (non-hydrogen) atoms. The molecule has 3 rings (SSSR count). The summed E-state index contributed by atoms with van der Waals surface area (Å²) in [5, 5.41) is 31.9. The summed E-state index contributed by atoms with van der Waals surface area (Å²) in [6.07, 6.45) is 0.527. The van der Waals surface area contributed by atoms with Crippen LogP contribution in [-0.2, 0) is 18.4 Å². The molecule has 1 fully saturated rings. The van der Waals surface area contributed by atoms with Crippen molar-refractivity contribution in [3.63, 3.8) is 0 Å². The fourth-order valence-electron chi connectivity index (χ4n) is 4.40. The maximum absolute atomic E-state index is 13.4. The predicted molar refractivity (Wildman–Crippen MR) is 129 cm³/mol. The number of amides is 1. The number of carbonyl (C=O) groups excluding carboxylic acids is 1. The van der Waals surface area contributed by atoms with E-state index in [1.54, 1.807) is 11.1 Å². The van der Waals surface area contributed by atoms with Crippen LogP contribution in [0.2, 0.25) is 0 Å². The normalized spacial score (nSPS) is 20.9. The number of hydrogen-bond acceptors (Lipinski definition) is 6. The summed E-state index contributed by atoms with van der Waals surface area (Å²) in [6.45, 7) is 10.8. The van der Waals surface area contributed by atoms with E-state index in [9.17, 15) is 15.0 Å². The van der Waals surface area contributed by atoms with Crippen LogP contribution in [0.1, 0.15) is 46.6 Å². The zero-order valence-corrected chi connectivity index (χ0v) is 20.6. The van der Waals surface area contributed by atoms with Crippen LogP contribution in [-0.4, -0.2) is 67.8 Å². The van der Waals surface area contributed by atoms with Gasteiger partial charge in [0.1, 0.15) is 6.23 Å². The van der Waals surface area contributed by atoms with Crippen LogP contribution in [0.5, 0.6) is 0 Å². The molecular formula is C25H39N5O3. The lowest BCUT2D eigenvalue weighted by Crippen LogP contribution is -2.58. The minimum atomic E-state index is -0.942. The Kier molecular flexibility index (Phi) is 7.95. The number of likely N-dealkylation sites (tertiary alicyclic amines) is 1. The highest BCUT2D eigenvalue weighted by molar-refractivity contribution is 5.83. The molecule has 0 unspecified atom stereocenters. The summed E-state index contributed by atoms with van der Waals surface area (Å²) in [4.78, 5) is 15.1. The molecule has 1 aliphatic heterocycles. The maximum Gasteiger partial charge on any atom is 0.240 e. The van der Waals surface area contributed by atoms with E-state index < -0.39 is 24.4 Å². The Bertz CT molecular complexity index is 919. The molecule has 1 saturated heterocycles. The van der Waals surface area contributed by atoms with Crippen molar-refractivity contribution in [2.45, 2.75) is 78.0 Å². The SMILES string of the molecule is CC(C)N[C@H](C(=O)N1C[C@H](O)C[C@H]1[C@@H](O)NCc1ccc(-c2ccnn2C)cc1)C(C)(C)C. The van der Waals surface area contributed by atoms with E-state index in [-0.39, 0.29) is 23.9 Å². The lowest BCUT2D eigenvalue weighted by molar-refractivity contribution is -0.140. The summed E-state index contributed by atoms with van der Waals surface area (Å²) >= 11 is 0. The number of hydrogen-bond donors (Lipinski definition) is 4. The topological polar surface area (TPSA) is 103 Å². The Morgan fingerprint density at radius 2 is 1.88 bits per heavy atom. The van der Waals surface area contributed by atoms with Crippen molar-refractivity contribution in [2.24, 2.45) is 12.5 Å². The molecule has 0 saturated carbocycles. The first-order valence-corrected chi connectivity index (χ1v) is 11.7. The van der Waals surface area contributed by atoms with Crippen molar-refractivity contribution in [3.05, 3.63) is 42.1 Å². The maximum atomic E-state index is 13.4. The molecule has 4 N–H and O–H groups in total. The molecule has 0 radical (unpaired) electrons. The molecule has 2 heterocycles. The van der Waals surface area contributed by atoms with Gasteiger partial charge in [-0.25, -0.2) is 0 Å². The number of aliphatic hydroxyl groups excluding tert-OH is 2. The van der Waals surface area contributed by atoms with Gasteiger partial charge in [0.05, 0.1) is 23.9 Å². The largest absolute Gasteiger partial charge is 0.391 e. The molecule has 0 aliphatic carbocycles. The summed E-state index contributed by atoms with van der Waals surface area (Å²) in [7, 11) is 1.91. The van der Waals surface area contributed by atoms with Crippen molar-refractivity contribution >= 4 is 5.91 Å². The van der Waals surface area contributed by atoms with Gasteiger partial charge >= 0.3 is 0 Å². The van der Waals surface area contributed by atoms with Gasteiger partial charge < -0.3 is 20.4 Å². The summed E-state index contributed by atoms with van der Waals surface area (Å²) < 4.78 is 1.83. The van der Waals surface area contributed by atoms with E-state index in [2.05, 4.69) is 15.7 Å². The van der Waals surface area contributed by atoms with Crippen LogP contribution < -0.4 is 10.6 Å². The van der Waals surface area contributed by atoms with Gasteiger partial charge in [0.15, 0.2) is 0 Å². The van der Waals surface area contributed by atoms with Crippen molar-refractivity contribution in [2.75, 3.05) is 6.54 Å². The molecule has 2 aromatic rings. The van der Waals surface area contributed by atoms with Crippen molar-refractivity contribution in [3.8, 4) is 11.3 Å². The number of aryl methyl sites for hydroxylation is 1. The second-order valence-corrected chi connectivity index (χ2v) is 10.4. The quantitative estimate of drug-likeness (QED) is 0.452. The Balaban J connectivity index is 1.66. The number of benzene rings is 1. The van der Waals surface area contributed by atoms with Gasteiger partial charge in [0.25, 0.3) is 0 Å². The minimum absolute atomic E-state index is 0.0841. The standard InChI is InChI=1S/C25H39N5O3/c1-16(2)28-22(25(3,4)5)24(33)30-15-19(31)13-21(30)23(32)26-14-17-7-9-18(10-8-17)20-11-12-27-29(20)6/h7-12,16,19,21-23,26,28,31-32H,13-15H2,1-6H3/t19-,21+,22-,23-/m1/s1. The molecule has 0 spiro atoms. The van der Waals surface area contributed by atoms with Gasteiger partial charge in [-0.1, -0.05) is 58.9 Å². The van der Waals surface area contributed by atoms with E-state index in [4.69, 9.17) is 0 Å². The van der Waals surface area contributed by atoms with Crippen LogP contribution in [0.25, 0.3) is 11.3 Å². The molecule has 1 aliphatic rings. The monoisotopic (exact) mass is 457 g/mol. The second kappa shape index (κ2) is 10.3. The predicted octanol–water partition coefficient (Wildman–Crippen LogP) is 1.87. The molecule has 8 heteroatoms. The number of carbonyl (C=O) groups is 1. The first kappa shape index (κ1) is 25.4. The number of nitrogens with one attached hydrogen (secondary N) is 2. The minimum Gasteiger partial charge on any atom is -0.391 e. The van der Waals surface area contributed by atoms with Crippen LogP contribution in [0.4, 0.5) is 0 Å². The van der Waals surface area contributed by atoms with Gasteiger partial charge in [0.2, 0.25) is 5.91 Å². The summed E-state index contributed by atoms with van der Waals surface area (Å²) in [5.74, 6) is -0.0841. The average Bonchev–Trinajstić information content (AvgIpc) is 3.35. The highest BCUT2D eigenvalue weighted by Gasteiger charge is 2.43. The Hall–Kier alpha value is -2.26. The van der Waals surface area contributed by atoms with E-state index >= 15 is 0 Å². The second-order valence-electron chi connectivity index (χ2n) is 10.4. The van der Waals surface area contributed by atoms with Crippen LogP contribution in [0, 0.1) is 5.41 Å².